The average molecular weight is 456 g/mol. The van der Waals surface area contributed by atoms with Crippen LogP contribution in [0, 0.1) is 0 Å². The number of hydrogen-bond acceptors (Lipinski definition) is 4. The van der Waals surface area contributed by atoms with E-state index in [0.29, 0.717) is 18.9 Å². The summed E-state index contributed by atoms with van der Waals surface area (Å²) in [6, 6.07) is 23.2. The summed E-state index contributed by atoms with van der Waals surface area (Å²) in [7, 11) is 0. The maximum Gasteiger partial charge on any atom is 0.339 e. The molecule has 0 aliphatic carbocycles. The van der Waals surface area contributed by atoms with Gasteiger partial charge >= 0.3 is 5.97 Å². The number of ether oxygens (including phenoxy) is 1. The van der Waals surface area contributed by atoms with Gasteiger partial charge in [0, 0.05) is 12.6 Å². The maximum atomic E-state index is 11.4. The highest BCUT2D eigenvalue weighted by molar-refractivity contribution is 5.92. The van der Waals surface area contributed by atoms with Gasteiger partial charge in [0.05, 0.1) is 12.7 Å². The second kappa shape index (κ2) is 12.2. The number of aliphatic hydroxyl groups is 1. The van der Waals surface area contributed by atoms with Crippen LogP contribution in [0.4, 0.5) is 0 Å². The minimum Gasteiger partial charge on any atom is -0.493 e. The van der Waals surface area contributed by atoms with Gasteiger partial charge in [-0.3, -0.25) is 0 Å². The molecule has 32 heavy (non-hydrogen) atoms. The van der Waals surface area contributed by atoms with Crippen molar-refractivity contribution in [3.8, 4) is 16.9 Å². The van der Waals surface area contributed by atoms with Crippen LogP contribution in [0.15, 0.2) is 72.8 Å². The molecule has 0 unspecified atom stereocenters. The van der Waals surface area contributed by atoms with E-state index in [1.54, 1.807) is 18.2 Å². The number of rotatable bonds is 10. The molecule has 0 aliphatic heterocycles. The lowest BCUT2D eigenvalue weighted by Crippen LogP contribution is -2.32. The molecule has 0 saturated heterocycles. The van der Waals surface area contributed by atoms with Crippen LogP contribution in [-0.4, -0.2) is 35.4 Å². The largest absolute Gasteiger partial charge is 0.493 e. The van der Waals surface area contributed by atoms with Gasteiger partial charge in [-0.05, 0) is 54.7 Å². The summed E-state index contributed by atoms with van der Waals surface area (Å²) >= 11 is 0. The molecule has 3 N–H and O–H groups in total. The summed E-state index contributed by atoms with van der Waals surface area (Å²) in [6.45, 7) is 4.84. The number of hydrogen-bond donors (Lipinski definition) is 3. The highest BCUT2D eigenvalue weighted by atomic mass is 35.5. The van der Waals surface area contributed by atoms with E-state index in [1.165, 1.54) is 5.56 Å². The zero-order chi connectivity index (χ0) is 22.2. The summed E-state index contributed by atoms with van der Waals surface area (Å²) in [4.78, 5) is 11.4. The first-order chi connectivity index (χ1) is 15.0. The molecule has 0 aliphatic rings. The monoisotopic (exact) mass is 455 g/mol. The molecule has 0 aromatic heterocycles. The van der Waals surface area contributed by atoms with Crippen LogP contribution in [0.5, 0.6) is 5.75 Å². The van der Waals surface area contributed by atoms with Gasteiger partial charge in [-0.15, -0.1) is 12.4 Å². The van der Waals surface area contributed by atoms with Crippen molar-refractivity contribution in [2.75, 3.05) is 13.2 Å². The molecule has 2 atom stereocenters. The quantitative estimate of drug-likeness (QED) is 0.395. The van der Waals surface area contributed by atoms with Crippen LogP contribution < -0.4 is 10.1 Å². The third-order valence-corrected chi connectivity index (χ3v) is 5.19. The van der Waals surface area contributed by atoms with E-state index >= 15 is 0 Å². The van der Waals surface area contributed by atoms with E-state index in [1.807, 2.05) is 49.4 Å². The van der Waals surface area contributed by atoms with Crippen LogP contribution in [0.2, 0.25) is 0 Å². The zero-order valence-corrected chi connectivity index (χ0v) is 19.1. The van der Waals surface area contributed by atoms with Gasteiger partial charge in [-0.1, -0.05) is 60.7 Å². The van der Waals surface area contributed by atoms with E-state index in [-0.39, 0.29) is 24.0 Å². The highest BCUT2D eigenvalue weighted by Crippen LogP contribution is 2.28. The van der Waals surface area contributed by atoms with Crippen LogP contribution in [0.1, 0.15) is 41.4 Å². The molecule has 3 aromatic carbocycles. The Morgan fingerprint density at radius 1 is 1.00 bits per heavy atom. The number of halogens is 1. The van der Waals surface area contributed by atoms with E-state index in [4.69, 9.17) is 4.74 Å². The summed E-state index contributed by atoms with van der Waals surface area (Å²) in [5.41, 5.74) is 4.18. The first-order valence-electron chi connectivity index (χ1n) is 10.5. The van der Waals surface area contributed by atoms with E-state index in [9.17, 15) is 15.0 Å². The van der Waals surface area contributed by atoms with E-state index < -0.39 is 12.1 Å². The highest BCUT2D eigenvalue weighted by Gasteiger charge is 2.13. The van der Waals surface area contributed by atoms with Crippen molar-refractivity contribution in [1.29, 1.82) is 0 Å². The lowest BCUT2D eigenvalue weighted by Gasteiger charge is -2.18. The fourth-order valence-electron chi connectivity index (χ4n) is 3.52. The Hall–Kier alpha value is -2.86. The van der Waals surface area contributed by atoms with Crippen LogP contribution in [0.25, 0.3) is 11.1 Å². The number of aromatic carboxylic acids is 1. The van der Waals surface area contributed by atoms with Crippen LogP contribution >= 0.6 is 12.4 Å². The van der Waals surface area contributed by atoms with Gasteiger partial charge < -0.3 is 20.3 Å². The minimum absolute atomic E-state index is 0. The zero-order valence-electron chi connectivity index (χ0n) is 18.3. The maximum absolute atomic E-state index is 11.4. The van der Waals surface area contributed by atoms with Crippen molar-refractivity contribution in [3.05, 3.63) is 89.5 Å². The van der Waals surface area contributed by atoms with Crippen molar-refractivity contribution in [2.45, 2.75) is 32.4 Å². The lowest BCUT2D eigenvalue weighted by molar-refractivity contribution is 0.0692. The Balaban J connectivity index is 0.00000363. The molecular formula is C26H30ClNO4. The number of aliphatic hydroxyl groups excluding tert-OH is 1. The Kier molecular flexibility index (Phi) is 9.72. The Morgan fingerprint density at radius 3 is 2.28 bits per heavy atom. The molecule has 170 valence electrons. The van der Waals surface area contributed by atoms with Crippen molar-refractivity contribution >= 4 is 18.4 Å². The van der Waals surface area contributed by atoms with Crippen molar-refractivity contribution in [2.24, 2.45) is 0 Å². The molecule has 6 heteroatoms. The Bertz CT molecular complexity index is 992. The summed E-state index contributed by atoms with van der Waals surface area (Å²) < 4.78 is 5.51. The number of carbonyl (C=O) groups is 1. The first kappa shape index (κ1) is 25.4. The molecule has 0 saturated carbocycles. The number of benzene rings is 3. The molecule has 3 rings (SSSR count). The number of carboxylic acid groups (broad SMARTS) is 1. The van der Waals surface area contributed by atoms with Crippen LogP contribution in [-0.2, 0) is 6.42 Å². The SMILES string of the molecule is CCOc1cc(-c2ccc(C[C@@H](C)NC[C@H](O)c3ccccc3)cc2)ccc1C(=O)O.Cl. The lowest BCUT2D eigenvalue weighted by atomic mass is 9.99. The second-order valence-corrected chi connectivity index (χ2v) is 7.59. The first-order valence-corrected chi connectivity index (χ1v) is 10.5. The van der Waals surface area contributed by atoms with E-state index in [0.717, 1.165) is 23.1 Å². The van der Waals surface area contributed by atoms with Crippen molar-refractivity contribution in [3.63, 3.8) is 0 Å². The molecule has 5 nitrogen and oxygen atoms in total. The fraction of sp³-hybridized carbons (Fsp3) is 0.269. The molecule has 0 spiro atoms. The van der Waals surface area contributed by atoms with Gasteiger partial charge in [0.25, 0.3) is 0 Å². The predicted octanol–water partition coefficient (Wildman–Crippen LogP) is 5.13. The molecule has 0 bridgehead atoms. The fourth-order valence-corrected chi connectivity index (χ4v) is 3.52. The minimum atomic E-state index is -0.996. The summed E-state index contributed by atoms with van der Waals surface area (Å²) in [5.74, 6) is -0.615. The van der Waals surface area contributed by atoms with E-state index in [2.05, 4.69) is 24.4 Å². The van der Waals surface area contributed by atoms with Crippen molar-refractivity contribution in [1.82, 2.24) is 5.32 Å². The van der Waals surface area contributed by atoms with Crippen LogP contribution in [0.3, 0.4) is 0 Å². The second-order valence-electron chi connectivity index (χ2n) is 7.59. The van der Waals surface area contributed by atoms with Gasteiger partial charge in [-0.25, -0.2) is 4.79 Å². The summed E-state index contributed by atoms with van der Waals surface area (Å²) in [6.07, 6.45) is 0.309. The molecule has 0 heterocycles. The number of carboxylic acids is 1. The third-order valence-electron chi connectivity index (χ3n) is 5.19. The Labute approximate surface area is 195 Å². The van der Waals surface area contributed by atoms with Gasteiger partial charge in [-0.2, -0.15) is 0 Å². The normalized spacial score (nSPS) is 12.5. The van der Waals surface area contributed by atoms with Gasteiger partial charge in [0.1, 0.15) is 11.3 Å². The Morgan fingerprint density at radius 2 is 1.66 bits per heavy atom. The van der Waals surface area contributed by atoms with Gasteiger partial charge in [0.2, 0.25) is 0 Å². The smallest absolute Gasteiger partial charge is 0.339 e. The third kappa shape index (κ3) is 6.82. The number of nitrogens with one attached hydrogen (secondary N) is 1. The molecule has 3 aromatic rings. The molecule has 0 radical (unpaired) electrons. The predicted molar refractivity (Wildman–Crippen MR) is 130 cm³/mol. The summed E-state index contributed by atoms with van der Waals surface area (Å²) in [5, 5.41) is 23.0. The standard InChI is InChI=1S/C26H29NO4.ClH/c1-3-31-25-16-22(13-14-23(25)26(29)30)20-11-9-19(10-12-20)15-18(2)27-17-24(28)21-7-5-4-6-8-21;/h4-14,16,18,24,27-28H,3,15,17H2,1-2H3,(H,29,30);1H/t18-,24+;/m1./s1. The molecule has 0 amide bonds. The molecule has 0 fully saturated rings. The average Bonchev–Trinajstić information content (AvgIpc) is 2.78. The van der Waals surface area contributed by atoms with Crippen molar-refractivity contribution < 1.29 is 19.7 Å². The molecular weight excluding hydrogens is 426 g/mol. The van der Waals surface area contributed by atoms with Gasteiger partial charge in [0.15, 0.2) is 0 Å². The topological polar surface area (TPSA) is 78.8 Å².